The molecule has 1 aliphatic heterocycles. The Bertz CT molecular complexity index is 258. The van der Waals surface area contributed by atoms with Crippen molar-refractivity contribution in [2.75, 3.05) is 19.6 Å². The Morgan fingerprint density at radius 2 is 1.70 bits per heavy atom. The molecule has 0 aromatic rings. The van der Waals surface area contributed by atoms with Gasteiger partial charge in [-0.3, -0.25) is 4.79 Å². The third-order valence-electron chi connectivity index (χ3n) is 4.35. The van der Waals surface area contributed by atoms with Crippen LogP contribution in [0.15, 0.2) is 0 Å². The number of carbonyl (C=O) groups excluding carboxylic acids is 1. The van der Waals surface area contributed by atoms with Gasteiger partial charge >= 0.3 is 0 Å². The largest absolute Gasteiger partial charge is 0.342 e. The summed E-state index contributed by atoms with van der Waals surface area (Å²) < 4.78 is 0. The number of amides is 1. The Kier molecular flexibility index (Phi) is 8.92. The first-order valence-corrected chi connectivity index (χ1v) is 8.71. The molecule has 1 fully saturated rings. The van der Waals surface area contributed by atoms with E-state index in [4.69, 9.17) is 0 Å². The molecule has 0 aromatic heterocycles. The van der Waals surface area contributed by atoms with E-state index < -0.39 is 0 Å². The third-order valence-corrected chi connectivity index (χ3v) is 4.35. The van der Waals surface area contributed by atoms with Crippen molar-refractivity contribution < 1.29 is 4.79 Å². The summed E-state index contributed by atoms with van der Waals surface area (Å²) in [6.07, 6.45) is 9.27. The maximum absolute atomic E-state index is 12.7. The van der Waals surface area contributed by atoms with Gasteiger partial charge in [-0.2, -0.15) is 0 Å². The molecule has 0 aromatic carbocycles. The molecule has 1 amide bonds. The molecule has 1 saturated heterocycles. The van der Waals surface area contributed by atoms with Gasteiger partial charge in [-0.15, -0.1) is 0 Å². The third kappa shape index (κ3) is 6.25. The van der Waals surface area contributed by atoms with Crippen LogP contribution in [-0.2, 0) is 4.79 Å². The summed E-state index contributed by atoms with van der Waals surface area (Å²) in [7, 11) is 0. The van der Waals surface area contributed by atoms with E-state index >= 15 is 0 Å². The standard InChI is InChI=1S/C17H34N2O/c1-4-6-8-12-19(13-9-7-5-2)17(20)16-10-11-18-15(3)14-16/h15-16,18H,4-14H2,1-3H3/t15-,16-/m0/s1. The predicted molar refractivity (Wildman–Crippen MR) is 85.8 cm³/mol. The molecule has 3 nitrogen and oxygen atoms in total. The van der Waals surface area contributed by atoms with Crippen molar-refractivity contribution in [2.24, 2.45) is 5.92 Å². The number of nitrogens with zero attached hydrogens (tertiary/aromatic N) is 1. The lowest BCUT2D eigenvalue weighted by Crippen LogP contribution is -2.44. The van der Waals surface area contributed by atoms with Crippen LogP contribution in [0.3, 0.4) is 0 Å². The molecule has 0 spiro atoms. The van der Waals surface area contributed by atoms with Gasteiger partial charge in [0.1, 0.15) is 0 Å². The van der Waals surface area contributed by atoms with Crippen LogP contribution in [-0.4, -0.2) is 36.5 Å². The molecule has 0 bridgehead atoms. The van der Waals surface area contributed by atoms with E-state index in [0.29, 0.717) is 11.9 Å². The number of hydrogen-bond donors (Lipinski definition) is 1. The van der Waals surface area contributed by atoms with E-state index in [9.17, 15) is 4.79 Å². The lowest BCUT2D eigenvalue weighted by molar-refractivity contribution is -0.136. The zero-order valence-electron chi connectivity index (χ0n) is 13.8. The van der Waals surface area contributed by atoms with Crippen LogP contribution >= 0.6 is 0 Å². The van der Waals surface area contributed by atoms with E-state index in [1.54, 1.807) is 0 Å². The van der Waals surface area contributed by atoms with Crippen molar-refractivity contribution in [3.8, 4) is 0 Å². The number of unbranched alkanes of at least 4 members (excludes halogenated alkanes) is 4. The minimum Gasteiger partial charge on any atom is -0.342 e. The normalized spacial score (nSPS) is 22.8. The fourth-order valence-electron chi connectivity index (χ4n) is 3.05. The molecule has 0 unspecified atom stereocenters. The number of hydrogen-bond acceptors (Lipinski definition) is 2. The van der Waals surface area contributed by atoms with Gasteiger partial charge in [0, 0.05) is 25.0 Å². The Balaban J connectivity index is 2.47. The van der Waals surface area contributed by atoms with Crippen LogP contribution in [0.25, 0.3) is 0 Å². The number of nitrogens with one attached hydrogen (secondary N) is 1. The second-order valence-corrected chi connectivity index (χ2v) is 6.32. The van der Waals surface area contributed by atoms with Gasteiger partial charge in [0.25, 0.3) is 0 Å². The Hall–Kier alpha value is -0.570. The van der Waals surface area contributed by atoms with Crippen LogP contribution in [0.1, 0.15) is 72.1 Å². The van der Waals surface area contributed by atoms with Crippen LogP contribution in [0.2, 0.25) is 0 Å². The molecule has 0 saturated carbocycles. The number of rotatable bonds is 9. The van der Waals surface area contributed by atoms with Gasteiger partial charge in [0.05, 0.1) is 0 Å². The fraction of sp³-hybridized carbons (Fsp3) is 0.941. The zero-order valence-corrected chi connectivity index (χ0v) is 13.8. The van der Waals surface area contributed by atoms with Gasteiger partial charge in [-0.05, 0) is 39.2 Å². The first-order valence-electron chi connectivity index (χ1n) is 8.71. The van der Waals surface area contributed by atoms with E-state index in [0.717, 1.165) is 45.3 Å². The zero-order chi connectivity index (χ0) is 14.8. The van der Waals surface area contributed by atoms with Gasteiger partial charge in [0.2, 0.25) is 5.91 Å². The number of carbonyl (C=O) groups is 1. The molecule has 1 rings (SSSR count). The average molecular weight is 282 g/mol. The lowest BCUT2D eigenvalue weighted by Gasteiger charge is -2.32. The second kappa shape index (κ2) is 10.2. The van der Waals surface area contributed by atoms with Crippen molar-refractivity contribution in [1.82, 2.24) is 10.2 Å². The summed E-state index contributed by atoms with van der Waals surface area (Å²) in [6.45, 7) is 9.56. The molecule has 1 heterocycles. The van der Waals surface area contributed by atoms with Gasteiger partial charge in [0.15, 0.2) is 0 Å². The Morgan fingerprint density at radius 1 is 1.10 bits per heavy atom. The van der Waals surface area contributed by atoms with E-state index in [2.05, 4.69) is 31.0 Å². The highest BCUT2D eigenvalue weighted by Gasteiger charge is 2.27. The molecule has 1 aliphatic rings. The SMILES string of the molecule is CCCCCN(CCCCC)C(=O)[C@H]1CCN[C@@H](C)C1. The molecule has 0 radical (unpaired) electrons. The van der Waals surface area contributed by atoms with Crippen LogP contribution < -0.4 is 5.32 Å². The molecule has 2 atom stereocenters. The second-order valence-electron chi connectivity index (χ2n) is 6.32. The fourth-order valence-corrected chi connectivity index (χ4v) is 3.05. The molecule has 20 heavy (non-hydrogen) atoms. The van der Waals surface area contributed by atoms with Crippen molar-refractivity contribution in [3.63, 3.8) is 0 Å². The maximum atomic E-state index is 12.7. The number of piperidine rings is 1. The van der Waals surface area contributed by atoms with Crippen molar-refractivity contribution in [3.05, 3.63) is 0 Å². The van der Waals surface area contributed by atoms with Gasteiger partial charge in [-0.25, -0.2) is 0 Å². The van der Waals surface area contributed by atoms with Crippen LogP contribution in [0.4, 0.5) is 0 Å². The van der Waals surface area contributed by atoms with Crippen LogP contribution in [0.5, 0.6) is 0 Å². The molecule has 3 heteroatoms. The Morgan fingerprint density at radius 3 is 2.20 bits per heavy atom. The molecular weight excluding hydrogens is 248 g/mol. The summed E-state index contributed by atoms with van der Waals surface area (Å²) in [5, 5.41) is 3.44. The van der Waals surface area contributed by atoms with E-state index in [-0.39, 0.29) is 5.92 Å². The monoisotopic (exact) mass is 282 g/mol. The topological polar surface area (TPSA) is 32.3 Å². The summed E-state index contributed by atoms with van der Waals surface area (Å²) in [5.41, 5.74) is 0. The molecule has 0 aliphatic carbocycles. The minimum absolute atomic E-state index is 0.259. The molecular formula is C17H34N2O. The van der Waals surface area contributed by atoms with Crippen molar-refractivity contribution in [1.29, 1.82) is 0 Å². The lowest BCUT2D eigenvalue weighted by atomic mass is 9.91. The van der Waals surface area contributed by atoms with Crippen molar-refractivity contribution in [2.45, 2.75) is 78.2 Å². The van der Waals surface area contributed by atoms with E-state index in [1.165, 1.54) is 25.7 Å². The van der Waals surface area contributed by atoms with Gasteiger partial charge < -0.3 is 10.2 Å². The van der Waals surface area contributed by atoms with Gasteiger partial charge in [-0.1, -0.05) is 39.5 Å². The highest BCUT2D eigenvalue weighted by Crippen LogP contribution is 2.19. The molecule has 118 valence electrons. The first kappa shape index (κ1) is 17.5. The quantitative estimate of drug-likeness (QED) is 0.656. The van der Waals surface area contributed by atoms with Crippen LogP contribution in [0, 0.1) is 5.92 Å². The highest BCUT2D eigenvalue weighted by molar-refractivity contribution is 5.79. The Labute approximate surface area is 125 Å². The van der Waals surface area contributed by atoms with E-state index in [1.807, 2.05) is 0 Å². The smallest absolute Gasteiger partial charge is 0.225 e. The summed E-state index contributed by atoms with van der Waals surface area (Å²) in [6, 6.07) is 0.492. The predicted octanol–water partition coefficient (Wildman–Crippen LogP) is 3.58. The first-order chi connectivity index (χ1) is 9.69. The summed E-state index contributed by atoms with van der Waals surface area (Å²) in [5.74, 6) is 0.681. The molecule has 1 N–H and O–H groups in total. The summed E-state index contributed by atoms with van der Waals surface area (Å²) in [4.78, 5) is 14.9. The average Bonchev–Trinajstić information content (AvgIpc) is 2.45. The summed E-state index contributed by atoms with van der Waals surface area (Å²) >= 11 is 0. The van der Waals surface area contributed by atoms with Crippen molar-refractivity contribution >= 4 is 5.91 Å². The minimum atomic E-state index is 0.259. The maximum Gasteiger partial charge on any atom is 0.225 e. The highest BCUT2D eigenvalue weighted by atomic mass is 16.2.